The molecule has 1 N–H and O–H groups in total. The van der Waals surface area contributed by atoms with Gasteiger partial charge in [-0.25, -0.2) is 9.07 Å². The van der Waals surface area contributed by atoms with Crippen molar-refractivity contribution < 1.29 is 9.18 Å². The number of hydrogen-bond acceptors (Lipinski definition) is 2. The van der Waals surface area contributed by atoms with E-state index in [4.69, 9.17) is 28.3 Å². The van der Waals surface area contributed by atoms with E-state index in [1.54, 1.807) is 22.9 Å². The minimum atomic E-state index is -0.313. The molecule has 0 fully saturated rings. The second kappa shape index (κ2) is 10.2. The molecule has 0 aliphatic rings. The van der Waals surface area contributed by atoms with Gasteiger partial charge in [0.15, 0.2) is 0 Å². The van der Waals surface area contributed by atoms with Crippen LogP contribution in [0.15, 0.2) is 72.8 Å². The molecule has 0 aliphatic carbocycles. The standard InChI is InChI=1S/C26H22Cl2FN3O/c1-17-5-9-22(10-6-17)32-25(19-3-2-4-20(29)14-19)15-21(31-32)8-12-26(33)30-16-18-7-11-23(27)24(28)13-18/h2-7,9-11,13-15H,8,12,16H2,1H3,(H,30,33). The molecule has 0 bridgehead atoms. The monoisotopic (exact) mass is 481 g/mol. The summed E-state index contributed by atoms with van der Waals surface area (Å²) in [5.74, 6) is -0.411. The third-order valence-electron chi connectivity index (χ3n) is 5.24. The van der Waals surface area contributed by atoms with E-state index in [-0.39, 0.29) is 18.1 Å². The minimum Gasteiger partial charge on any atom is -0.352 e. The van der Waals surface area contributed by atoms with Gasteiger partial charge in [-0.2, -0.15) is 5.10 Å². The maximum atomic E-state index is 13.9. The maximum Gasteiger partial charge on any atom is 0.220 e. The van der Waals surface area contributed by atoms with E-state index in [2.05, 4.69) is 5.32 Å². The number of nitrogens with one attached hydrogen (secondary N) is 1. The second-order valence-electron chi connectivity index (χ2n) is 7.80. The van der Waals surface area contributed by atoms with Crippen LogP contribution in [0, 0.1) is 12.7 Å². The van der Waals surface area contributed by atoms with E-state index in [9.17, 15) is 9.18 Å². The Morgan fingerprint density at radius 1 is 1.00 bits per heavy atom. The normalized spacial score (nSPS) is 10.9. The molecule has 33 heavy (non-hydrogen) atoms. The fraction of sp³-hybridized carbons (Fsp3) is 0.154. The van der Waals surface area contributed by atoms with Crippen molar-refractivity contribution in [2.75, 3.05) is 0 Å². The Balaban J connectivity index is 1.49. The molecule has 168 valence electrons. The van der Waals surface area contributed by atoms with E-state index >= 15 is 0 Å². The van der Waals surface area contributed by atoms with E-state index in [0.29, 0.717) is 23.0 Å². The summed E-state index contributed by atoms with van der Waals surface area (Å²) in [4.78, 5) is 12.4. The summed E-state index contributed by atoms with van der Waals surface area (Å²) in [6.07, 6.45) is 0.725. The van der Waals surface area contributed by atoms with Crippen LogP contribution in [-0.2, 0) is 17.8 Å². The van der Waals surface area contributed by atoms with Gasteiger partial charge in [0.1, 0.15) is 5.82 Å². The Bertz CT molecular complexity index is 1290. The number of carbonyl (C=O) groups excluding carboxylic acids is 1. The fourth-order valence-corrected chi connectivity index (χ4v) is 3.79. The number of aromatic nitrogens is 2. The van der Waals surface area contributed by atoms with Gasteiger partial charge in [-0.05, 0) is 55.0 Å². The lowest BCUT2D eigenvalue weighted by molar-refractivity contribution is -0.121. The molecular weight excluding hydrogens is 460 g/mol. The van der Waals surface area contributed by atoms with E-state index in [1.807, 2.05) is 49.4 Å². The Morgan fingerprint density at radius 2 is 1.79 bits per heavy atom. The maximum absolute atomic E-state index is 13.9. The highest BCUT2D eigenvalue weighted by Gasteiger charge is 2.14. The van der Waals surface area contributed by atoms with Crippen molar-refractivity contribution in [1.82, 2.24) is 15.1 Å². The topological polar surface area (TPSA) is 46.9 Å². The molecule has 0 atom stereocenters. The van der Waals surface area contributed by atoms with Crippen LogP contribution in [0.5, 0.6) is 0 Å². The van der Waals surface area contributed by atoms with Crippen molar-refractivity contribution >= 4 is 29.1 Å². The van der Waals surface area contributed by atoms with E-state index < -0.39 is 0 Å². The summed E-state index contributed by atoms with van der Waals surface area (Å²) in [5.41, 5.74) is 5.12. The second-order valence-corrected chi connectivity index (χ2v) is 8.62. The zero-order valence-corrected chi connectivity index (χ0v) is 19.5. The number of benzene rings is 3. The van der Waals surface area contributed by atoms with Crippen molar-refractivity contribution in [2.45, 2.75) is 26.3 Å². The van der Waals surface area contributed by atoms with Gasteiger partial charge in [-0.15, -0.1) is 0 Å². The molecule has 0 saturated heterocycles. The van der Waals surface area contributed by atoms with Crippen molar-refractivity contribution in [1.29, 1.82) is 0 Å². The Morgan fingerprint density at radius 3 is 2.52 bits per heavy atom. The fourth-order valence-electron chi connectivity index (χ4n) is 3.47. The largest absolute Gasteiger partial charge is 0.352 e. The van der Waals surface area contributed by atoms with Gasteiger partial charge >= 0.3 is 0 Å². The first-order valence-electron chi connectivity index (χ1n) is 10.5. The molecule has 0 saturated carbocycles. The van der Waals surface area contributed by atoms with E-state index in [1.165, 1.54) is 12.1 Å². The van der Waals surface area contributed by atoms with Gasteiger partial charge in [0, 0.05) is 24.9 Å². The van der Waals surface area contributed by atoms with Crippen LogP contribution >= 0.6 is 23.2 Å². The highest BCUT2D eigenvalue weighted by Crippen LogP contribution is 2.26. The molecule has 0 aliphatic heterocycles. The highest BCUT2D eigenvalue weighted by atomic mass is 35.5. The molecule has 4 rings (SSSR count). The Hall–Kier alpha value is -3.15. The molecule has 3 aromatic carbocycles. The lowest BCUT2D eigenvalue weighted by atomic mass is 10.1. The number of nitrogens with zero attached hydrogens (tertiary/aromatic N) is 2. The number of carbonyl (C=O) groups is 1. The van der Waals surface area contributed by atoms with Crippen LogP contribution in [0.1, 0.15) is 23.2 Å². The predicted molar refractivity (Wildman–Crippen MR) is 130 cm³/mol. The first kappa shape index (κ1) is 23.0. The summed E-state index contributed by atoms with van der Waals surface area (Å²) in [6.45, 7) is 2.38. The first-order valence-corrected chi connectivity index (χ1v) is 11.3. The zero-order chi connectivity index (χ0) is 23.4. The minimum absolute atomic E-state index is 0.0988. The Kier molecular flexibility index (Phi) is 7.11. The van der Waals surface area contributed by atoms with Crippen LogP contribution < -0.4 is 5.32 Å². The first-order chi connectivity index (χ1) is 15.9. The van der Waals surface area contributed by atoms with Crippen LogP contribution in [0.2, 0.25) is 10.0 Å². The number of halogens is 3. The highest BCUT2D eigenvalue weighted by molar-refractivity contribution is 6.42. The van der Waals surface area contributed by atoms with Crippen LogP contribution in [0.3, 0.4) is 0 Å². The number of hydrogen-bond donors (Lipinski definition) is 1. The van der Waals surface area contributed by atoms with E-state index in [0.717, 1.165) is 33.8 Å². The zero-order valence-electron chi connectivity index (χ0n) is 18.0. The van der Waals surface area contributed by atoms with Crippen molar-refractivity contribution in [3.05, 3.63) is 105 Å². The average Bonchev–Trinajstić information content (AvgIpc) is 3.23. The average molecular weight is 482 g/mol. The van der Waals surface area contributed by atoms with Crippen molar-refractivity contribution in [2.24, 2.45) is 0 Å². The van der Waals surface area contributed by atoms with Gasteiger partial charge in [-0.1, -0.05) is 59.1 Å². The molecule has 0 unspecified atom stereocenters. The Labute approximate surface area is 202 Å². The summed E-state index contributed by atoms with van der Waals surface area (Å²) in [5, 5.41) is 8.53. The lowest BCUT2D eigenvalue weighted by Gasteiger charge is -2.08. The van der Waals surface area contributed by atoms with Gasteiger partial charge in [-0.3, -0.25) is 4.79 Å². The van der Waals surface area contributed by atoms with Crippen LogP contribution in [0.25, 0.3) is 16.9 Å². The number of aryl methyl sites for hydroxylation is 2. The molecule has 4 aromatic rings. The summed E-state index contributed by atoms with van der Waals surface area (Å²) < 4.78 is 15.7. The van der Waals surface area contributed by atoms with Gasteiger partial charge in [0.05, 0.1) is 27.1 Å². The third-order valence-corrected chi connectivity index (χ3v) is 5.98. The van der Waals surface area contributed by atoms with Crippen LogP contribution in [-0.4, -0.2) is 15.7 Å². The number of amides is 1. The smallest absolute Gasteiger partial charge is 0.220 e. The molecule has 7 heteroatoms. The molecular formula is C26H22Cl2FN3O. The molecule has 1 heterocycles. The third kappa shape index (κ3) is 5.81. The van der Waals surface area contributed by atoms with Gasteiger partial charge in [0.25, 0.3) is 0 Å². The quantitative estimate of drug-likeness (QED) is 0.325. The van der Waals surface area contributed by atoms with Gasteiger partial charge < -0.3 is 5.32 Å². The van der Waals surface area contributed by atoms with Crippen molar-refractivity contribution in [3.63, 3.8) is 0 Å². The number of rotatable bonds is 7. The molecule has 0 radical (unpaired) electrons. The SMILES string of the molecule is Cc1ccc(-n2nc(CCC(=O)NCc3ccc(Cl)c(Cl)c3)cc2-c2cccc(F)c2)cc1. The summed E-state index contributed by atoms with van der Waals surface area (Å²) in [6, 6.07) is 21.5. The van der Waals surface area contributed by atoms with Crippen LogP contribution in [0.4, 0.5) is 4.39 Å². The summed E-state index contributed by atoms with van der Waals surface area (Å²) >= 11 is 12.0. The molecule has 1 amide bonds. The predicted octanol–water partition coefficient (Wildman–Crippen LogP) is 6.54. The molecule has 4 nitrogen and oxygen atoms in total. The molecule has 1 aromatic heterocycles. The lowest BCUT2D eigenvalue weighted by Crippen LogP contribution is -2.23. The van der Waals surface area contributed by atoms with Gasteiger partial charge in [0.2, 0.25) is 5.91 Å². The van der Waals surface area contributed by atoms with Crippen molar-refractivity contribution in [3.8, 4) is 16.9 Å². The summed E-state index contributed by atoms with van der Waals surface area (Å²) in [7, 11) is 0. The molecule has 0 spiro atoms.